The van der Waals surface area contributed by atoms with E-state index in [1.807, 2.05) is 24.3 Å². The second kappa shape index (κ2) is 4.55. The molecule has 0 aliphatic heterocycles. The molecular weight excluding hydrogens is 320 g/mol. The first-order valence-corrected chi connectivity index (χ1v) is 6.19. The van der Waals surface area contributed by atoms with Crippen LogP contribution in [-0.4, -0.2) is 19.6 Å². The molecule has 3 rings (SSSR count). The molecule has 1 aromatic carbocycles. The van der Waals surface area contributed by atoms with Gasteiger partial charge in [-0.3, -0.25) is 0 Å². The van der Waals surface area contributed by atoms with Gasteiger partial charge < -0.3 is 4.74 Å². The lowest BCUT2D eigenvalue weighted by molar-refractivity contribution is 0.446. The Bertz CT molecular complexity index is 715. The van der Waals surface area contributed by atoms with Crippen LogP contribution in [0.25, 0.3) is 5.78 Å². The zero-order valence-corrected chi connectivity index (χ0v) is 11.3. The minimum atomic E-state index is 0.306. The summed E-state index contributed by atoms with van der Waals surface area (Å²) in [5, 5.41) is 4.33. The summed E-state index contributed by atoms with van der Waals surface area (Å²) in [5.41, 5.74) is 0. The standard InChI is InChI=1S/C11H6BrClN4O/c12-7-2-1-3-8(4-7)18-10-5-9(13)16-11-14-6-15-17(10)11/h1-6H. The van der Waals surface area contributed by atoms with Gasteiger partial charge in [-0.25, -0.2) is 0 Å². The molecule has 90 valence electrons. The van der Waals surface area contributed by atoms with Crippen LogP contribution in [0.4, 0.5) is 0 Å². The summed E-state index contributed by atoms with van der Waals surface area (Å²) in [6, 6.07) is 9.06. The first kappa shape index (κ1) is 11.4. The van der Waals surface area contributed by atoms with Crippen LogP contribution in [0.1, 0.15) is 0 Å². The highest BCUT2D eigenvalue weighted by Gasteiger charge is 2.08. The minimum absolute atomic E-state index is 0.306. The van der Waals surface area contributed by atoms with Crippen LogP contribution in [0, 0.1) is 0 Å². The SMILES string of the molecule is Clc1cc(Oc2cccc(Br)c2)n2ncnc2n1. The summed E-state index contributed by atoms with van der Waals surface area (Å²) in [5.74, 6) is 1.52. The van der Waals surface area contributed by atoms with Gasteiger partial charge in [0.2, 0.25) is 5.88 Å². The molecule has 18 heavy (non-hydrogen) atoms. The third kappa shape index (κ3) is 2.16. The van der Waals surface area contributed by atoms with Gasteiger partial charge in [-0.1, -0.05) is 33.6 Å². The molecule has 2 heterocycles. The largest absolute Gasteiger partial charge is 0.439 e. The van der Waals surface area contributed by atoms with E-state index >= 15 is 0 Å². The van der Waals surface area contributed by atoms with Crippen LogP contribution in [0.3, 0.4) is 0 Å². The molecule has 0 aliphatic rings. The smallest absolute Gasteiger partial charge is 0.256 e. The van der Waals surface area contributed by atoms with E-state index in [0.717, 1.165) is 4.47 Å². The second-order valence-electron chi connectivity index (χ2n) is 3.45. The number of halogens is 2. The van der Waals surface area contributed by atoms with Crippen molar-refractivity contribution in [3.05, 3.63) is 46.3 Å². The van der Waals surface area contributed by atoms with Gasteiger partial charge in [0.25, 0.3) is 5.78 Å². The molecule has 3 aromatic rings. The van der Waals surface area contributed by atoms with Crippen LogP contribution in [0.2, 0.25) is 5.15 Å². The highest BCUT2D eigenvalue weighted by molar-refractivity contribution is 9.10. The molecule has 0 bridgehead atoms. The number of hydrogen-bond acceptors (Lipinski definition) is 4. The molecule has 2 aromatic heterocycles. The molecule has 0 saturated heterocycles. The maximum atomic E-state index is 5.90. The minimum Gasteiger partial charge on any atom is -0.439 e. The Labute approximate surface area is 116 Å². The third-order valence-corrected chi connectivity index (χ3v) is 2.89. The van der Waals surface area contributed by atoms with E-state index in [0.29, 0.717) is 22.6 Å². The Hall–Kier alpha value is -1.66. The molecule has 0 radical (unpaired) electrons. The van der Waals surface area contributed by atoms with E-state index < -0.39 is 0 Å². The number of ether oxygens (including phenoxy) is 1. The summed E-state index contributed by atoms with van der Waals surface area (Å²) in [6.07, 6.45) is 1.40. The number of benzene rings is 1. The predicted molar refractivity (Wildman–Crippen MR) is 70.0 cm³/mol. The lowest BCUT2D eigenvalue weighted by atomic mass is 10.3. The van der Waals surface area contributed by atoms with Crippen molar-refractivity contribution in [2.45, 2.75) is 0 Å². The maximum Gasteiger partial charge on any atom is 0.256 e. The summed E-state index contributed by atoms with van der Waals surface area (Å²) >= 11 is 9.28. The lowest BCUT2D eigenvalue weighted by Gasteiger charge is -2.07. The van der Waals surface area contributed by atoms with Gasteiger partial charge in [0.05, 0.1) is 0 Å². The van der Waals surface area contributed by atoms with Crippen molar-refractivity contribution in [3.8, 4) is 11.6 Å². The third-order valence-electron chi connectivity index (χ3n) is 2.21. The van der Waals surface area contributed by atoms with Gasteiger partial charge in [-0.2, -0.15) is 19.6 Å². The van der Waals surface area contributed by atoms with E-state index in [2.05, 4.69) is 31.0 Å². The summed E-state index contributed by atoms with van der Waals surface area (Å²) in [6.45, 7) is 0. The van der Waals surface area contributed by atoms with Crippen LogP contribution in [0.5, 0.6) is 11.6 Å². The number of fused-ring (bicyclic) bond motifs is 1. The van der Waals surface area contributed by atoms with Crippen molar-refractivity contribution in [2.24, 2.45) is 0 Å². The molecule has 7 heteroatoms. The number of aromatic nitrogens is 4. The van der Waals surface area contributed by atoms with Crippen LogP contribution in [0.15, 0.2) is 41.1 Å². The number of rotatable bonds is 2. The van der Waals surface area contributed by atoms with Crippen molar-refractivity contribution in [2.75, 3.05) is 0 Å². The van der Waals surface area contributed by atoms with Crippen LogP contribution >= 0.6 is 27.5 Å². The Morgan fingerprint density at radius 1 is 1.28 bits per heavy atom. The van der Waals surface area contributed by atoms with Gasteiger partial charge in [0, 0.05) is 10.5 Å². The van der Waals surface area contributed by atoms with E-state index in [1.165, 1.54) is 10.8 Å². The Kier molecular flexibility index (Phi) is 2.89. The molecule has 0 aliphatic carbocycles. The van der Waals surface area contributed by atoms with Gasteiger partial charge >= 0.3 is 0 Å². The zero-order valence-electron chi connectivity index (χ0n) is 8.92. The first-order valence-electron chi connectivity index (χ1n) is 5.02. The Balaban J connectivity index is 2.06. The van der Waals surface area contributed by atoms with Crippen molar-refractivity contribution in [1.82, 2.24) is 19.6 Å². The topological polar surface area (TPSA) is 52.3 Å². The molecule has 0 fully saturated rings. The monoisotopic (exact) mass is 324 g/mol. The van der Waals surface area contributed by atoms with E-state index in [9.17, 15) is 0 Å². The van der Waals surface area contributed by atoms with Crippen LogP contribution < -0.4 is 4.74 Å². The highest BCUT2D eigenvalue weighted by atomic mass is 79.9. The normalized spacial score (nSPS) is 10.8. The number of hydrogen-bond donors (Lipinski definition) is 0. The summed E-state index contributed by atoms with van der Waals surface area (Å²) in [4.78, 5) is 7.99. The molecule has 0 unspecified atom stereocenters. The van der Waals surface area contributed by atoms with Crippen molar-refractivity contribution >= 4 is 33.3 Å². The molecular formula is C11H6BrClN4O. The van der Waals surface area contributed by atoms with Gasteiger partial charge in [0.15, 0.2) is 0 Å². The highest BCUT2D eigenvalue weighted by Crippen LogP contribution is 2.25. The predicted octanol–water partition coefficient (Wildman–Crippen LogP) is 3.33. The van der Waals surface area contributed by atoms with Crippen LogP contribution in [-0.2, 0) is 0 Å². The quantitative estimate of drug-likeness (QED) is 0.678. The fourth-order valence-electron chi connectivity index (χ4n) is 1.48. The zero-order chi connectivity index (χ0) is 12.5. The average molecular weight is 326 g/mol. The van der Waals surface area contributed by atoms with Gasteiger partial charge in [-0.05, 0) is 18.2 Å². The van der Waals surface area contributed by atoms with E-state index in [-0.39, 0.29) is 0 Å². The Morgan fingerprint density at radius 2 is 2.17 bits per heavy atom. The van der Waals surface area contributed by atoms with E-state index in [4.69, 9.17) is 16.3 Å². The second-order valence-corrected chi connectivity index (χ2v) is 4.75. The van der Waals surface area contributed by atoms with Gasteiger partial charge in [-0.15, -0.1) is 0 Å². The molecule has 5 nitrogen and oxygen atoms in total. The first-order chi connectivity index (χ1) is 8.72. The molecule has 0 spiro atoms. The number of nitrogens with zero attached hydrogens (tertiary/aromatic N) is 4. The molecule has 0 amide bonds. The van der Waals surface area contributed by atoms with Crippen molar-refractivity contribution in [3.63, 3.8) is 0 Å². The fraction of sp³-hybridized carbons (Fsp3) is 0. The molecule has 0 N–H and O–H groups in total. The maximum absolute atomic E-state index is 5.90. The molecule has 0 atom stereocenters. The molecule has 0 saturated carbocycles. The summed E-state index contributed by atoms with van der Waals surface area (Å²) in [7, 11) is 0. The summed E-state index contributed by atoms with van der Waals surface area (Å²) < 4.78 is 8.12. The average Bonchev–Trinajstić information content (AvgIpc) is 2.77. The van der Waals surface area contributed by atoms with Crippen molar-refractivity contribution < 1.29 is 4.74 Å². The lowest BCUT2D eigenvalue weighted by Crippen LogP contribution is -1.97. The van der Waals surface area contributed by atoms with Gasteiger partial charge in [0.1, 0.15) is 17.2 Å². The Morgan fingerprint density at radius 3 is 3.00 bits per heavy atom. The van der Waals surface area contributed by atoms with Crippen molar-refractivity contribution in [1.29, 1.82) is 0 Å². The van der Waals surface area contributed by atoms with E-state index in [1.54, 1.807) is 6.07 Å². The fourth-order valence-corrected chi connectivity index (χ4v) is 2.03.